The van der Waals surface area contributed by atoms with Crippen LogP contribution in [-0.2, 0) is 4.74 Å². The molecule has 0 aliphatic carbocycles. The van der Waals surface area contributed by atoms with Gasteiger partial charge in [0.15, 0.2) is 5.82 Å². The van der Waals surface area contributed by atoms with Gasteiger partial charge in [0.25, 0.3) is 5.88 Å². The van der Waals surface area contributed by atoms with E-state index in [-0.39, 0.29) is 6.10 Å². The second-order valence-corrected chi connectivity index (χ2v) is 4.38. The minimum Gasteiger partial charge on any atom is -0.473 e. The summed E-state index contributed by atoms with van der Waals surface area (Å²) in [6, 6.07) is 0. The van der Waals surface area contributed by atoms with Gasteiger partial charge in [0.05, 0.1) is 19.3 Å². The van der Waals surface area contributed by atoms with Crippen molar-refractivity contribution in [3.8, 4) is 5.88 Å². The average Bonchev–Trinajstić information content (AvgIpc) is 2.32. The molecule has 94 valence electrons. The Kier molecular flexibility index (Phi) is 3.96. The summed E-state index contributed by atoms with van der Waals surface area (Å²) in [4.78, 5) is 2.02. The Balaban J connectivity index is 2.21. The zero-order valence-corrected chi connectivity index (χ0v) is 10.6. The summed E-state index contributed by atoms with van der Waals surface area (Å²) in [7, 11) is 0. The van der Waals surface area contributed by atoms with Gasteiger partial charge >= 0.3 is 0 Å². The van der Waals surface area contributed by atoms with Gasteiger partial charge < -0.3 is 14.4 Å². The molecule has 1 aliphatic heterocycles. The summed E-state index contributed by atoms with van der Waals surface area (Å²) >= 11 is 6.21. The number of rotatable bonds is 3. The lowest BCUT2D eigenvalue weighted by atomic mass is 10.4. The Hall–Kier alpha value is -1.14. The summed E-state index contributed by atoms with van der Waals surface area (Å²) in [5, 5.41) is 11.9. The first kappa shape index (κ1) is 12.3. The summed E-state index contributed by atoms with van der Waals surface area (Å²) < 4.78 is 10.7. The topological polar surface area (TPSA) is 60.4 Å². The molecule has 0 saturated carbocycles. The van der Waals surface area contributed by atoms with Crippen LogP contribution in [0.2, 0.25) is 5.02 Å². The van der Waals surface area contributed by atoms with Gasteiger partial charge in [-0.25, -0.2) is 0 Å². The fourth-order valence-electron chi connectivity index (χ4n) is 1.56. The maximum Gasteiger partial charge on any atom is 0.258 e. The van der Waals surface area contributed by atoms with E-state index in [9.17, 15) is 0 Å². The molecular formula is C10H15ClN4O2. The van der Waals surface area contributed by atoms with Gasteiger partial charge in [-0.2, -0.15) is 0 Å². The Morgan fingerprint density at radius 2 is 2.00 bits per heavy atom. The van der Waals surface area contributed by atoms with Gasteiger partial charge in [-0.05, 0) is 19.1 Å². The standard InChI is InChI=1S/C10H15ClN4O2/c1-7(2)17-10-8(11)9(12-14-13-10)15-3-5-16-6-4-15/h7H,3-6H2,1-2H3. The fraction of sp³-hybridized carbons (Fsp3) is 0.700. The molecule has 0 aromatic carbocycles. The van der Waals surface area contributed by atoms with Crippen molar-refractivity contribution >= 4 is 17.4 Å². The molecule has 1 aromatic heterocycles. The average molecular weight is 259 g/mol. The van der Waals surface area contributed by atoms with E-state index in [1.54, 1.807) is 0 Å². The van der Waals surface area contributed by atoms with Crippen molar-refractivity contribution < 1.29 is 9.47 Å². The summed E-state index contributed by atoms with van der Waals surface area (Å²) in [5.74, 6) is 0.943. The highest BCUT2D eigenvalue weighted by Crippen LogP contribution is 2.30. The van der Waals surface area contributed by atoms with Gasteiger partial charge in [-0.1, -0.05) is 16.7 Å². The number of anilines is 1. The zero-order chi connectivity index (χ0) is 12.3. The lowest BCUT2D eigenvalue weighted by Crippen LogP contribution is -2.37. The Bertz CT molecular complexity index is 383. The molecule has 6 nitrogen and oxygen atoms in total. The number of ether oxygens (including phenoxy) is 2. The predicted octanol–water partition coefficient (Wildman–Crippen LogP) is 1.15. The third-order valence-electron chi connectivity index (χ3n) is 2.32. The van der Waals surface area contributed by atoms with Crippen LogP contribution in [0.15, 0.2) is 0 Å². The smallest absolute Gasteiger partial charge is 0.258 e. The van der Waals surface area contributed by atoms with Crippen molar-refractivity contribution in [3.05, 3.63) is 5.02 Å². The number of aromatic nitrogens is 3. The quantitative estimate of drug-likeness (QED) is 0.811. The molecule has 0 bridgehead atoms. The van der Waals surface area contributed by atoms with Crippen LogP contribution in [0, 0.1) is 0 Å². The Labute approximate surface area is 105 Å². The number of halogens is 1. The summed E-state index contributed by atoms with van der Waals surface area (Å²) in [6.07, 6.45) is 0.00161. The molecular weight excluding hydrogens is 244 g/mol. The number of morpholine rings is 1. The van der Waals surface area contributed by atoms with Crippen LogP contribution >= 0.6 is 11.6 Å². The largest absolute Gasteiger partial charge is 0.473 e. The minimum absolute atomic E-state index is 0.00161. The number of nitrogens with zero attached hydrogens (tertiary/aromatic N) is 4. The van der Waals surface area contributed by atoms with Crippen LogP contribution in [0.3, 0.4) is 0 Å². The molecule has 0 atom stereocenters. The molecule has 0 N–H and O–H groups in total. The number of hydrogen-bond donors (Lipinski definition) is 0. The highest BCUT2D eigenvalue weighted by molar-refractivity contribution is 6.34. The van der Waals surface area contributed by atoms with Gasteiger partial charge in [-0.15, -0.1) is 5.10 Å². The molecule has 0 unspecified atom stereocenters. The van der Waals surface area contributed by atoms with Gasteiger partial charge in [0, 0.05) is 13.1 Å². The van der Waals surface area contributed by atoms with E-state index in [4.69, 9.17) is 21.1 Å². The van der Waals surface area contributed by atoms with E-state index >= 15 is 0 Å². The van der Waals surface area contributed by atoms with E-state index in [2.05, 4.69) is 15.4 Å². The SMILES string of the molecule is CC(C)Oc1nnnc(N2CCOCC2)c1Cl. The van der Waals surface area contributed by atoms with E-state index in [1.807, 2.05) is 18.7 Å². The molecule has 2 rings (SSSR count). The molecule has 1 fully saturated rings. The first-order valence-electron chi connectivity index (χ1n) is 5.56. The summed E-state index contributed by atoms with van der Waals surface area (Å²) in [6.45, 7) is 6.65. The Morgan fingerprint density at radius 3 is 2.65 bits per heavy atom. The first-order chi connectivity index (χ1) is 8.18. The van der Waals surface area contributed by atoms with E-state index in [0.29, 0.717) is 29.9 Å². The van der Waals surface area contributed by atoms with Crippen molar-refractivity contribution in [2.75, 3.05) is 31.2 Å². The van der Waals surface area contributed by atoms with Gasteiger partial charge in [0.1, 0.15) is 5.02 Å². The lowest BCUT2D eigenvalue weighted by molar-refractivity contribution is 0.122. The van der Waals surface area contributed by atoms with Gasteiger partial charge in [0.2, 0.25) is 0 Å². The molecule has 0 spiro atoms. The van der Waals surface area contributed by atoms with Crippen LogP contribution in [0.1, 0.15) is 13.8 Å². The molecule has 0 radical (unpaired) electrons. The predicted molar refractivity (Wildman–Crippen MR) is 63.6 cm³/mol. The third-order valence-corrected chi connectivity index (χ3v) is 2.65. The molecule has 1 aliphatic rings. The lowest BCUT2D eigenvalue weighted by Gasteiger charge is -2.28. The van der Waals surface area contributed by atoms with E-state index in [0.717, 1.165) is 13.1 Å². The van der Waals surface area contributed by atoms with Crippen LogP contribution in [0.5, 0.6) is 5.88 Å². The zero-order valence-electron chi connectivity index (χ0n) is 9.89. The molecule has 17 heavy (non-hydrogen) atoms. The van der Waals surface area contributed by atoms with E-state index < -0.39 is 0 Å². The van der Waals surface area contributed by atoms with Crippen LogP contribution in [0.4, 0.5) is 5.82 Å². The van der Waals surface area contributed by atoms with Crippen molar-refractivity contribution in [1.82, 2.24) is 15.4 Å². The normalized spacial score (nSPS) is 16.4. The highest BCUT2D eigenvalue weighted by atomic mass is 35.5. The van der Waals surface area contributed by atoms with Crippen molar-refractivity contribution in [3.63, 3.8) is 0 Å². The van der Waals surface area contributed by atoms with Crippen LogP contribution < -0.4 is 9.64 Å². The molecule has 2 heterocycles. The minimum atomic E-state index is 0.00161. The van der Waals surface area contributed by atoms with Crippen molar-refractivity contribution in [2.45, 2.75) is 20.0 Å². The monoisotopic (exact) mass is 258 g/mol. The molecule has 7 heteroatoms. The Morgan fingerprint density at radius 1 is 1.29 bits per heavy atom. The molecule has 1 saturated heterocycles. The maximum atomic E-state index is 6.21. The van der Waals surface area contributed by atoms with E-state index in [1.165, 1.54) is 0 Å². The number of hydrogen-bond acceptors (Lipinski definition) is 6. The van der Waals surface area contributed by atoms with Crippen molar-refractivity contribution in [1.29, 1.82) is 0 Å². The van der Waals surface area contributed by atoms with Crippen molar-refractivity contribution in [2.24, 2.45) is 0 Å². The first-order valence-corrected chi connectivity index (χ1v) is 5.94. The molecule has 0 amide bonds. The van der Waals surface area contributed by atoms with Crippen LogP contribution in [0.25, 0.3) is 0 Å². The van der Waals surface area contributed by atoms with Gasteiger partial charge in [-0.3, -0.25) is 0 Å². The van der Waals surface area contributed by atoms with Crippen LogP contribution in [-0.4, -0.2) is 47.8 Å². The fourth-order valence-corrected chi connectivity index (χ4v) is 1.80. The molecule has 1 aromatic rings. The third kappa shape index (κ3) is 2.95. The highest BCUT2D eigenvalue weighted by Gasteiger charge is 2.20. The second-order valence-electron chi connectivity index (χ2n) is 4.00. The maximum absolute atomic E-state index is 6.21. The second kappa shape index (κ2) is 5.46. The summed E-state index contributed by atoms with van der Waals surface area (Å²) in [5.41, 5.74) is 0.